The fourth-order valence-corrected chi connectivity index (χ4v) is 10.8. The molecule has 0 aliphatic rings. The number of nitrogens with zero attached hydrogens (tertiary/aromatic N) is 7. The van der Waals surface area contributed by atoms with Gasteiger partial charge in [0.2, 0.25) is 5.10 Å². The van der Waals surface area contributed by atoms with Crippen molar-refractivity contribution in [2.24, 2.45) is 5.73 Å². The third-order valence-corrected chi connectivity index (χ3v) is 33.1. The van der Waals surface area contributed by atoms with Crippen LogP contribution in [0.4, 0.5) is 10.7 Å². The van der Waals surface area contributed by atoms with E-state index in [9.17, 15) is 25.2 Å². The molecule has 7 rings (SSSR count). The standard InChI is InChI=1S/C28H43N5O5Si2.C20H39NO2Si2.C8H4N4O3/c1-27(2,3)39(7,8)37-23-16-15-20(19-24(23)38-40(9,10)28(4,5)6)17-18-29-26(34)30-25-31-33(36)22-14-12-11-13-21(22)32(25)35;1-19(2,3)24(7,8)22-17-12-11-16(13-14-21)15-18(17)23-25(9,10)20(4,5)6;13-8-9-7-10-12(14)6-4-2-1-3-5(6)11(7)15-8/h11-16,19H,17-18H2,1-10H3,(H2,29,30,31,34);11-12,15H,13-14,21H2,1-10H3;1-4H. The van der Waals surface area contributed by atoms with Crippen molar-refractivity contribution >= 4 is 73.1 Å². The minimum absolute atomic E-state index is 0.00829. The Morgan fingerprint density at radius 3 is 1.46 bits per heavy atom. The predicted molar refractivity (Wildman–Crippen MR) is 325 cm³/mol. The maximum Gasteiger partial charge on any atom is 0.469 e. The molecule has 4 aromatic carbocycles. The molecule has 4 N–H and O–H groups in total. The van der Waals surface area contributed by atoms with Crippen LogP contribution in [0, 0.1) is 15.6 Å². The number of nitrogens with one attached hydrogen (secondary N) is 2. The van der Waals surface area contributed by atoms with E-state index in [2.05, 4.69) is 179 Å². The lowest BCUT2D eigenvalue weighted by atomic mass is 10.1. The summed E-state index contributed by atoms with van der Waals surface area (Å²) in [5.41, 5.74) is 8.91. The number of aromatic nitrogens is 7. The maximum atomic E-state index is 12.6. The molecule has 0 fully saturated rings. The molecule has 0 bridgehead atoms. The molecule has 0 saturated heterocycles. The van der Waals surface area contributed by atoms with Gasteiger partial charge in [0.25, 0.3) is 44.3 Å². The van der Waals surface area contributed by atoms with Crippen LogP contribution in [0.15, 0.2) is 94.2 Å². The summed E-state index contributed by atoms with van der Waals surface area (Å²) >= 11 is 0. The van der Waals surface area contributed by atoms with Gasteiger partial charge in [-0.3, -0.25) is 0 Å². The van der Waals surface area contributed by atoms with Crippen LogP contribution in [0.5, 0.6) is 23.0 Å². The topological polar surface area (TPSA) is 258 Å². The summed E-state index contributed by atoms with van der Waals surface area (Å²) in [5.74, 6) is 2.03. The Bertz CT molecular complexity index is 3360. The van der Waals surface area contributed by atoms with Gasteiger partial charge in [0.1, 0.15) is 23.0 Å². The van der Waals surface area contributed by atoms with Gasteiger partial charge in [-0.1, -0.05) is 119 Å². The first-order valence-corrected chi connectivity index (χ1v) is 38.6. The molecule has 3 aromatic heterocycles. The Morgan fingerprint density at radius 1 is 0.588 bits per heavy atom. The Kier molecular flexibility index (Phi) is 19.4. The van der Waals surface area contributed by atoms with Crippen molar-refractivity contribution in [1.29, 1.82) is 0 Å². The predicted octanol–water partition coefficient (Wildman–Crippen LogP) is 11.1. The van der Waals surface area contributed by atoms with Gasteiger partial charge in [-0.05, 0) is 144 Å². The molecule has 24 heteroatoms. The minimum Gasteiger partial charge on any atom is -0.739 e. The van der Waals surface area contributed by atoms with Gasteiger partial charge in [0, 0.05) is 23.5 Å². The average Bonchev–Trinajstić information content (AvgIpc) is 3.73. The van der Waals surface area contributed by atoms with Gasteiger partial charge in [0.15, 0.2) is 11.0 Å². The highest BCUT2D eigenvalue weighted by Gasteiger charge is 2.44. The van der Waals surface area contributed by atoms with E-state index < -0.39 is 51.0 Å². The molecule has 0 aliphatic heterocycles. The third-order valence-electron chi connectivity index (χ3n) is 15.8. The molecule has 0 unspecified atom stereocenters. The summed E-state index contributed by atoms with van der Waals surface area (Å²) in [6.45, 7) is 45.6. The lowest BCUT2D eigenvalue weighted by Crippen LogP contribution is -2.46. The van der Waals surface area contributed by atoms with E-state index in [4.69, 9.17) is 28.0 Å². The summed E-state index contributed by atoms with van der Waals surface area (Å²) in [6, 6.07) is 24.5. The maximum absolute atomic E-state index is 12.6. The van der Waals surface area contributed by atoms with Crippen LogP contribution in [0.2, 0.25) is 72.5 Å². The van der Waals surface area contributed by atoms with Gasteiger partial charge in [-0.2, -0.15) is 5.32 Å². The number of rotatable bonds is 14. The Hall–Kier alpha value is -6.61. The zero-order chi connectivity index (χ0) is 60.2. The molecule has 80 heavy (non-hydrogen) atoms. The number of hydrogen-bond donors (Lipinski definition) is 3. The van der Waals surface area contributed by atoms with Gasteiger partial charge >= 0.3 is 23.5 Å². The monoisotopic (exact) mass is 1170 g/mol. The highest BCUT2D eigenvalue weighted by atomic mass is 28.4. The van der Waals surface area contributed by atoms with Crippen LogP contribution < -0.4 is 54.2 Å². The Labute approximate surface area is 475 Å². The molecule has 0 atom stereocenters. The van der Waals surface area contributed by atoms with E-state index in [0.717, 1.165) is 39.6 Å². The lowest BCUT2D eigenvalue weighted by molar-refractivity contribution is -0.672. The molecule has 7 aromatic rings. The molecule has 0 aliphatic carbocycles. The normalized spacial score (nSPS) is 12.8. The zero-order valence-corrected chi connectivity index (χ0v) is 54.7. The second kappa shape index (κ2) is 24.2. The number of para-hydroxylation sites is 4. The fraction of sp³-hybridized carbons (Fsp3) is 0.500. The second-order valence-corrected chi connectivity index (χ2v) is 45.0. The molecule has 436 valence electrons. The van der Waals surface area contributed by atoms with Crippen LogP contribution in [0.25, 0.3) is 27.8 Å². The van der Waals surface area contributed by atoms with E-state index in [1.54, 1.807) is 36.4 Å². The number of urea groups is 1. The first-order chi connectivity index (χ1) is 36.7. The number of carbonyl (C=O) groups excluding carboxylic acids is 1. The van der Waals surface area contributed by atoms with Crippen molar-refractivity contribution in [1.82, 2.24) is 25.1 Å². The molecular formula is C56H86N10O10Si4. The number of fused-ring (bicyclic) bond motifs is 4. The van der Waals surface area contributed by atoms with Gasteiger partial charge < -0.3 is 48.9 Å². The molecule has 20 nitrogen and oxygen atoms in total. The molecule has 0 spiro atoms. The second-order valence-electron chi connectivity index (χ2n) is 26.1. The summed E-state index contributed by atoms with van der Waals surface area (Å²) in [7, 11) is -8.12. The first-order valence-electron chi connectivity index (χ1n) is 27.0. The summed E-state index contributed by atoms with van der Waals surface area (Å²) in [4.78, 5) is 27.6. The van der Waals surface area contributed by atoms with E-state index in [1.165, 1.54) is 17.7 Å². The van der Waals surface area contributed by atoms with E-state index in [1.807, 2.05) is 18.2 Å². The van der Waals surface area contributed by atoms with Crippen molar-refractivity contribution < 1.29 is 41.4 Å². The summed E-state index contributed by atoms with van der Waals surface area (Å²) < 4.78 is 32.9. The van der Waals surface area contributed by atoms with Crippen molar-refractivity contribution in [2.45, 2.75) is 168 Å². The van der Waals surface area contributed by atoms with Crippen LogP contribution >= 0.6 is 0 Å². The van der Waals surface area contributed by atoms with E-state index in [-0.39, 0.29) is 43.5 Å². The molecule has 3 heterocycles. The van der Waals surface area contributed by atoms with Crippen molar-refractivity contribution in [3.63, 3.8) is 0 Å². The first kappa shape index (κ1) is 64.2. The van der Waals surface area contributed by atoms with Crippen molar-refractivity contribution in [3.05, 3.63) is 122 Å². The van der Waals surface area contributed by atoms with Crippen molar-refractivity contribution in [2.75, 3.05) is 18.4 Å². The molecular weight excluding hydrogens is 1090 g/mol. The van der Waals surface area contributed by atoms with Crippen LogP contribution in [0.1, 0.15) is 94.2 Å². The smallest absolute Gasteiger partial charge is 0.469 e. The quantitative estimate of drug-likeness (QED) is 0.0520. The van der Waals surface area contributed by atoms with Gasteiger partial charge in [0.05, 0.1) is 5.10 Å². The minimum atomic E-state index is -2.15. The molecule has 0 saturated carbocycles. The lowest BCUT2D eigenvalue weighted by Gasteiger charge is -2.39. The van der Waals surface area contributed by atoms with E-state index >= 15 is 0 Å². The van der Waals surface area contributed by atoms with Crippen LogP contribution in [-0.4, -0.2) is 72.1 Å². The highest BCUT2D eigenvalue weighted by Crippen LogP contribution is 2.46. The zero-order valence-electron chi connectivity index (χ0n) is 50.7. The van der Waals surface area contributed by atoms with Crippen LogP contribution in [-0.2, 0) is 12.8 Å². The highest BCUT2D eigenvalue weighted by molar-refractivity contribution is 6.76. The number of anilines is 1. The number of nitrogens with two attached hydrogens (primary N) is 1. The number of carbonyl (C=O) groups is 1. The SMILES string of the molecule is CC(C)(C)[Si](C)(C)Oc1ccc(CCN)cc1O[Si](C)(C)C(C)(C)C.CC(C)(C)[Si](C)(C)Oc1ccc(CCNC(=O)Nc2n[n+]([O-])c3ccccc3[n+]2[O-])cc1O[Si](C)(C)C(C)(C)C.O=c1nc2n[n+]([O-])c3ccccc3n2o1. The average molecular weight is 1170 g/mol. The number of hydrogen-bond acceptors (Lipinski definition) is 14. The molecule has 0 radical (unpaired) electrons. The van der Waals surface area contributed by atoms with Gasteiger partial charge in [-0.25, -0.2) is 14.3 Å². The summed E-state index contributed by atoms with van der Waals surface area (Å²) in [6.07, 6.45) is 1.37. The number of benzene rings is 4. The van der Waals surface area contributed by atoms with Crippen molar-refractivity contribution in [3.8, 4) is 23.0 Å². The largest absolute Gasteiger partial charge is 0.739 e. The number of amides is 2. The Balaban J connectivity index is 0.000000247. The van der Waals surface area contributed by atoms with E-state index in [0.29, 0.717) is 38.4 Å². The van der Waals surface area contributed by atoms with Gasteiger partial charge in [-0.15, -0.1) is 9.56 Å². The van der Waals surface area contributed by atoms with Crippen LogP contribution in [0.3, 0.4) is 0 Å². The molecule has 2 amide bonds. The fourth-order valence-electron chi connectivity index (χ4n) is 6.68. The third kappa shape index (κ3) is 15.6. The summed E-state index contributed by atoms with van der Waals surface area (Å²) in [5, 5.41) is 48.8. The Morgan fingerprint density at radius 2 is 1.00 bits per heavy atom.